The second-order valence-corrected chi connectivity index (χ2v) is 4.08. The average Bonchev–Trinajstić information content (AvgIpc) is 2.16. The van der Waals surface area contributed by atoms with Crippen LogP contribution in [0, 0.1) is 0 Å². The van der Waals surface area contributed by atoms with Gasteiger partial charge in [0.2, 0.25) is 5.91 Å². The molecule has 0 aliphatic heterocycles. The van der Waals surface area contributed by atoms with Crippen molar-refractivity contribution in [2.45, 2.75) is 26.4 Å². The molecule has 0 aromatic heterocycles. The summed E-state index contributed by atoms with van der Waals surface area (Å²) in [4.78, 5) is 13.1. The van der Waals surface area contributed by atoms with Crippen LogP contribution >= 0.6 is 0 Å². The van der Waals surface area contributed by atoms with Crippen LogP contribution in [0.3, 0.4) is 0 Å². The highest BCUT2D eigenvalue weighted by atomic mass is 16.5. The van der Waals surface area contributed by atoms with E-state index in [4.69, 9.17) is 9.84 Å². The Bertz CT molecular complexity index is 186. The highest BCUT2D eigenvalue weighted by molar-refractivity contribution is 5.77. The lowest BCUT2D eigenvalue weighted by atomic mass is 10.4. The van der Waals surface area contributed by atoms with Crippen LogP contribution in [0.2, 0.25) is 0 Å². The van der Waals surface area contributed by atoms with Crippen molar-refractivity contribution in [3.8, 4) is 0 Å². The standard InChI is InChI=1S/C11H24N2O3/c1-10(2)16-8-4-5-12-11(15)9-13(3)6-7-14/h10,14H,4-9H2,1-3H3,(H,12,15). The maximum Gasteiger partial charge on any atom is 0.234 e. The van der Waals surface area contributed by atoms with Gasteiger partial charge < -0.3 is 15.2 Å². The average molecular weight is 232 g/mol. The minimum Gasteiger partial charge on any atom is -0.395 e. The van der Waals surface area contributed by atoms with Gasteiger partial charge in [-0.2, -0.15) is 0 Å². The second-order valence-electron chi connectivity index (χ2n) is 4.08. The van der Waals surface area contributed by atoms with Gasteiger partial charge in [0.1, 0.15) is 0 Å². The number of aliphatic hydroxyl groups excluding tert-OH is 1. The summed E-state index contributed by atoms with van der Waals surface area (Å²) in [5, 5.41) is 11.5. The number of amides is 1. The first kappa shape index (κ1) is 15.3. The molecule has 0 saturated carbocycles. The molecule has 0 fully saturated rings. The molecule has 0 saturated heterocycles. The number of hydrogen-bond acceptors (Lipinski definition) is 4. The Kier molecular flexibility index (Phi) is 9.18. The molecule has 0 radical (unpaired) electrons. The van der Waals surface area contributed by atoms with Crippen molar-refractivity contribution in [1.82, 2.24) is 10.2 Å². The molecule has 0 aliphatic carbocycles. The van der Waals surface area contributed by atoms with Crippen molar-refractivity contribution < 1.29 is 14.6 Å². The Morgan fingerprint density at radius 2 is 2.19 bits per heavy atom. The lowest BCUT2D eigenvalue weighted by Gasteiger charge is -2.14. The van der Waals surface area contributed by atoms with Crippen LogP contribution in [0.15, 0.2) is 0 Å². The van der Waals surface area contributed by atoms with E-state index in [0.29, 0.717) is 26.2 Å². The van der Waals surface area contributed by atoms with Gasteiger partial charge in [-0.1, -0.05) is 0 Å². The largest absolute Gasteiger partial charge is 0.395 e. The van der Waals surface area contributed by atoms with Gasteiger partial charge in [0.25, 0.3) is 0 Å². The van der Waals surface area contributed by atoms with Crippen molar-refractivity contribution >= 4 is 5.91 Å². The molecular weight excluding hydrogens is 208 g/mol. The molecule has 0 rings (SSSR count). The van der Waals surface area contributed by atoms with E-state index in [2.05, 4.69) is 5.32 Å². The molecule has 0 bridgehead atoms. The summed E-state index contributed by atoms with van der Waals surface area (Å²) in [5.74, 6) is -0.0134. The van der Waals surface area contributed by atoms with Crippen LogP contribution in [-0.2, 0) is 9.53 Å². The van der Waals surface area contributed by atoms with Crippen LogP contribution in [0.1, 0.15) is 20.3 Å². The number of rotatable bonds is 9. The minimum absolute atomic E-state index is 0.0134. The first-order chi connectivity index (χ1) is 7.56. The van der Waals surface area contributed by atoms with E-state index < -0.39 is 0 Å². The summed E-state index contributed by atoms with van der Waals surface area (Å²) >= 11 is 0. The molecule has 16 heavy (non-hydrogen) atoms. The van der Waals surface area contributed by atoms with Crippen LogP contribution in [0.4, 0.5) is 0 Å². The lowest BCUT2D eigenvalue weighted by Crippen LogP contribution is -2.37. The van der Waals surface area contributed by atoms with Gasteiger partial charge in [-0.05, 0) is 27.3 Å². The number of carbonyl (C=O) groups is 1. The summed E-state index contributed by atoms with van der Waals surface area (Å²) in [6.45, 7) is 6.20. The Labute approximate surface area is 97.8 Å². The molecule has 0 heterocycles. The normalized spacial score (nSPS) is 11.1. The number of aliphatic hydroxyl groups is 1. The molecule has 1 amide bonds. The van der Waals surface area contributed by atoms with Crippen LogP contribution in [0.25, 0.3) is 0 Å². The third-order valence-corrected chi connectivity index (χ3v) is 1.99. The van der Waals surface area contributed by atoms with E-state index in [1.54, 1.807) is 11.9 Å². The quantitative estimate of drug-likeness (QED) is 0.542. The van der Waals surface area contributed by atoms with Gasteiger partial charge in [-0.15, -0.1) is 0 Å². The fraction of sp³-hybridized carbons (Fsp3) is 0.909. The first-order valence-electron chi connectivity index (χ1n) is 5.74. The third kappa shape index (κ3) is 9.89. The van der Waals surface area contributed by atoms with Crippen LogP contribution in [0.5, 0.6) is 0 Å². The highest BCUT2D eigenvalue weighted by Gasteiger charge is 2.04. The number of carbonyl (C=O) groups excluding carboxylic acids is 1. The fourth-order valence-corrected chi connectivity index (χ4v) is 1.17. The number of nitrogens with one attached hydrogen (secondary N) is 1. The van der Waals surface area contributed by atoms with Crippen molar-refractivity contribution in [1.29, 1.82) is 0 Å². The summed E-state index contributed by atoms with van der Waals surface area (Å²) in [6, 6.07) is 0. The maximum atomic E-state index is 11.4. The molecule has 0 atom stereocenters. The molecule has 5 nitrogen and oxygen atoms in total. The Morgan fingerprint density at radius 3 is 2.75 bits per heavy atom. The molecule has 0 aliphatic rings. The Morgan fingerprint density at radius 1 is 1.50 bits per heavy atom. The van der Waals surface area contributed by atoms with E-state index in [1.165, 1.54) is 0 Å². The number of hydrogen-bond donors (Lipinski definition) is 2. The van der Waals surface area contributed by atoms with Crippen molar-refractivity contribution in [2.24, 2.45) is 0 Å². The summed E-state index contributed by atoms with van der Waals surface area (Å²) in [7, 11) is 1.80. The van der Waals surface area contributed by atoms with Gasteiger partial charge in [0.15, 0.2) is 0 Å². The van der Waals surface area contributed by atoms with Crippen molar-refractivity contribution in [2.75, 3.05) is 39.9 Å². The Balaban J connectivity index is 3.36. The van der Waals surface area contributed by atoms with Gasteiger partial charge in [0, 0.05) is 19.7 Å². The molecule has 96 valence electrons. The number of ether oxygens (including phenoxy) is 1. The lowest BCUT2D eigenvalue weighted by molar-refractivity contribution is -0.122. The number of nitrogens with zero attached hydrogens (tertiary/aromatic N) is 1. The van der Waals surface area contributed by atoms with Gasteiger partial charge >= 0.3 is 0 Å². The highest BCUT2D eigenvalue weighted by Crippen LogP contribution is 1.89. The monoisotopic (exact) mass is 232 g/mol. The van der Waals surface area contributed by atoms with Crippen molar-refractivity contribution in [3.63, 3.8) is 0 Å². The zero-order valence-corrected chi connectivity index (χ0v) is 10.5. The maximum absolute atomic E-state index is 11.4. The Hall–Kier alpha value is -0.650. The number of likely N-dealkylation sites (N-methyl/N-ethyl adjacent to an activating group) is 1. The van der Waals surface area contributed by atoms with Gasteiger partial charge in [-0.25, -0.2) is 0 Å². The fourth-order valence-electron chi connectivity index (χ4n) is 1.17. The van der Waals surface area contributed by atoms with E-state index in [0.717, 1.165) is 6.42 Å². The van der Waals surface area contributed by atoms with Gasteiger partial charge in [-0.3, -0.25) is 9.69 Å². The van der Waals surface area contributed by atoms with E-state index in [1.807, 2.05) is 13.8 Å². The first-order valence-corrected chi connectivity index (χ1v) is 5.74. The molecular formula is C11H24N2O3. The minimum atomic E-state index is -0.0134. The molecule has 5 heteroatoms. The predicted octanol–water partition coefficient (Wildman–Crippen LogP) is -0.158. The van der Waals surface area contributed by atoms with E-state index in [9.17, 15) is 4.79 Å². The van der Waals surface area contributed by atoms with Crippen LogP contribution < -0.4 is 5.32 Å². The van der Waals surface area contributed by atoms with Crippen molar-refractivity contribution in [3.05, 3.63) is 0 Å². The van der Waals surface area contributed by atoms with E-state index >= 15 is 0 Å². The van der Waals surface area contributed by atoms with Gasteiger partial charge in [0.05, 0.1) is 19.3 Å². The molecule has 2 N–H and O–H groups in total. The summed E-state index contributed by atoms with van der Waals surface area (Å²) < 4.78 is 5.35. The molecule has 0 aromatic rings. The second kappa shape index (κ2) is 9.57. The SMILES string of the molecule is CC(C)OCCCNC(=O)CN(C)CCO. The summed E-state index contributed by atoms with van der Waals surface area (Å²) in [5.41, 5.74) is 0. The van der Waals surface area contributed by atoms with Crippen LogP contribution in [-0.4, -0.2) is 61.9 Å². The molecule has 0 unspecified atom stereocenters. The topological polar surface area (TPSA) is 61.8 Å². The van der Waals surface area contributed by atoms with E-state index in [-0.39, 0.29) is 18.6 Å². The third-order valence-electron chi connectivity index (χ3n) is 1.99. The molecule has 0 aromatic carbocycles. The molecule has 0 spiro atoms. The zero-order valence-electron chi connectivity index (χ0n) is 10.5. The predicted molar refractivity (Wildman–Crippen MR) is 63.3 cm³/mol. The zero-order chi connectivity index (χ0) is 12.4. The smallest absolute Gasteiger partial charge is 0.234 e. The summed E-state index contributed by atoms with van der Waals surface area (Å²) in [6.07, 6.45) is 1.07.